The summed E-state index contributed by atoms with van der Waals surface area (Å²) in [7, 11) is 1.12. The molecule has 0 spiro atoms. The van der Waals surface area contributed by atoms with E-state index in [1.807, 2.05) is 0 Å². The van der Waals surface area contributed by atoms with Gasteiger partial charge in [-0.3, -0.25) is 0 Å². The van der Waals surface area contributed by atoms with Crippen LogP contribution in [0.1, 0.15) is 32.2 Å². The Labute approximate surface area is 128 Å². The maximum atomic E-state index is 13.7. The summed E-state index contributed by atoms with van der Waals surface area (Å²) in [6, 6.07) is 3.75. The Morgan fingerprint density at radius 3 is 2.68 bits per heavy atom. The quantitative estimate of drug-likeness (QED) is 0.931. The van der Waals surface area contributed by atoms with E-state index >= 15 is 0 Å². The van der Waals surface area contributed by atoms with Crippen molar-refractivity contribution in [3.63, 3.8) is 0 Å². The first-order chi connectivity index (χ1) is 11.6. The van der Waals surface area contributed by atoms with Crippen LogP contribution >= 0.6 is 0 Å². The number of aryl methyl sites for hydroxylation is 1. The van der Waals surface area contributed by atoms with Crippen LogP contribution in [0.4, 0.5) is 13.2 Å². The Kier molecular flexibility index (Phi) is 3.30. The Morgan fingerprint density at radius 2 is 2.14 bits per heavy atom. The summed E-state index contributed by atoms with van der Waals surface area (Å²) in [6.45, 7) is -2.56. The Hall–Kier alpha value is -2.57. The lowest BCUT2D eigenvalue weighted by Gasteiger charge is -2.13. The number of hydrogen-bond acceptors (Lipinski definition) is 3. The second-order valence-electron chi connectivity index (χ2n) is 4.27. The first-order valence-corrected chi connectivity index (χ1v) is 5.97. The number of carbonyl (C=O) groups is 1. The van der Waals surface area contributed by atoms with Gasteiger partial charge in [-0.15, -0.1) is 0 Å². The predicted octanol–water partition coefficient (Wildman–Crippen LogP) is 3.84. The van der Waals surface area contributed by atoms with Crippen molar-refractivity contribution in [2.75, 3.05) is 7.11 Å². The molecule has 0 fully saturated rings. The number of aromatic carboxylic acids is 1. The predicted molar refractivity (Wildman–Crippen MR) is 72.8 cm³/mol. The van der Waals surface area contributed by atoms with Gasteiger partial charge in [-0.25, -0.2) is 22.9 Å². The molecule has 2 aromatic rings. The summed E-state index contributed by atoms with van der Waals surface area (Å²) < 4.78 is 66.7. The number of pyridine rings is 1. The summed E-state index contributed by atoms with van der Waals surface area (Å²) in [5.41, 5.74) is -2.45. The minimum absolute atomic E-state index is 0.223. The fourth-order valence-electron chi connectivity index (χ4n) is 1.91. The Balaban J connectivity index is 2.83. The van der Waals surface area contributed by atoms with Crippen LogP contribution in [0.15, 0.2) is 24.3 Å². The van der Waals surface area contributed by atoms with Crippen LogP contribution in [0.25, 0.3) is 11.3 Å². The summed E-state index contributed by atoms with van der Waals surface area (Å²) in [6.07, 6.45) is -3.25. The molecule has 22 heavy (non-hydrogen) atoms. The summed E-state index contributed by atoms with van der Waals surface area (Å²) in [4.78, 5) is 14.9. The van der Waals surface area contributed by atoms with Gasteiger partial charge in [-0.1, -0.05) is 11.6 Å². The van der Waals surface area contributed by atoms with E-state index in [4.69, 9.17) is 8.85 Å². The van der Waals surface area contributed by atoms with Crippen molar-refractivity contribution in [1.82, 2.24) is 4.98 Å². The van der Waals surface area contributed by atoms with E-state index in [2.05, 4.69) is 4.98 Å². The topological polar surface area (TPSA) is 59.4 Å². The average Bonchev–Trinajstić information content (AvgIpc) is 2.52. The van der Waals surface area contributed by atoms with Gasteiger partial charge in [0.15, 0.2) is 5.82 Å². The van der Waals surface area contributed by atoms with Crippen LogP contribution < -0.4 is 4.74 Å². The van der Waals surface area contributed by atoms with Crippen molar-refractivity contribution in [1.29, 1.82) is 0 Å². The summed E-state index contributed by atoms with van der Waals surface area (Å²) in [5, 5.41) is 9.29. The molecule has 0 aliphatic carbocycles. The van der Waals surface area contributed by atoms with E-state index in [0.29, 0.717) is 6.07 Å². The number of hydrogen-bond donors (Lipinski definition) is 1. The zero-order chi connectivity index (χ0) is 18.9. The molecular weight excluding hydrogens is 299 g/mol. The molecule has 1 N–H and O–H groups in total. The van der Waals surface area contributed by atoms with Crippen molar-refractivity contribution in [2.24, 2.45) is 0 Å². The molecule has 0 atom stereocenters. The molecule has 0 saturated carbocycles. The van der Waals surface area contributed by atoms with Gasteiger partial charge in [0.25, 0.3) is 6.43 Å². The van der Waals surface area contributed by atoms with E-state index in [9.17, 15) is 23.1 Å². The molecule has 0 aliphatic heterocycles. The molecule has 4 nitrogen and oxygen atoms in total. The third-order valence-electron chi connectivity index (χ3n) is 2.90. The molecule has 0 aliphatic rings. The second-order valence-corrected chi connectivity index (χ2v) is 4.27. The molecule has 0 bridgehead atoms. The van der Waals surface area contributed by atoms with Crippen LogP contribution in [-0.2, 0) is 0 Å². The van der Waals surface area contributed by atoms with Crippen molar-refractivity contribution in [3.8, 4) is 17.0 Å². The van der Waals surface area contributed by atoms with Crippen LogP contribution in [0, 0.1) is 12.7 Å². The standard InChI is InChI=1S/C15H12F3NO3/c1-7-3-4-8(15(20)21)9(5-7)12-11(22-2)6-10(16)13(19-12)14(17)18/h3-6,14H,1-2H3,(H,20,21)/i1D3. The number of aromatic nitrogens is 1. The van der Waals surface area contributed by atoms with Gasteiger partial charge in [0.1, 0.15) is 17.1 Å². The minimum atomic E-state index is -3.25. The number of carboxylic acid groups (broad SMARTS) is 1. The molecule has 0 saturated heterocycles. The normalized spacial score (nSPS) is 13.4. The van der Waals surface area contributed by atoms with E-state index < -0.39 is 30.8 Å². The lowest BCUT2D eigenvalue weighted by molar-refractivity contribution is 0.0697. The van der Waals surface area contributed by atoms with Crippen LogP contribution in [0.5, 0.6) is 5.75 Å². The van der Waals surface area contributed by atoms with Gasteiger partial charge in [0.2, 0.25) is 0 Å². The van der Waals surface area contributed by atoms with E-state index in [1.54, 1.807) is 0 Å². The molecule has 0 amide bonds. The SMILES string of the molecule is [2H]C([2H])([2H])c1ccc(C(=O)O)c(-c2nc(C(F)F)c(F)cc2OC)c1. The lowest BCUT2D eigenvalue weighted by Crippen LogP contribution is -2.05. The van der Waals surface area contributed by atoms with E-state index in [0.717, 1.165) is 25.3 Å². The number of halogens is 3. The maximum Gasteiger partial charge on any atom is 0.336 e. The van der Waals surface area contributed by atoms with Gasteiger partial charge in [-0.2, -0.15) is 0 Å². The molecule has 1 heterocycles. The van der Waals surface area contributed by atoms with Gasteiger partial charge in [0.05, 0.1) is 12.7 Å². The van der Waals surface area contributed by atoms with Crippen molar-refractivity contribution in [2.45, 2.75) is 13.3 Å². The van der Waals surface area contributed by atoms with Crippen LogP contribution in [-0.4, -0.2) is 23.2 Å². The zero-order valence-corrected chi connectivity index (χ0v) is 11.2. The summed E-state index contributed by atoms with van der Waals surface area (Å²) in [5.74, 6) is -3.05. The summed E-state index contributed by atoms with van der Waals surface area (Å²) >= 11 is 0. The van der Waals surface area contributed by atoms with Crippen LogP contribution in [0.2, 0.25) is 0 Å². The molecule has 1 aromatic carbocycles. The monoisotopic (exact) mass is 314 g/mol. The fraction of sp³-hybridized carbons (Fsp3) is 0.200. The fourth-order valence-corrected chi connectivity index (χ4v) is 1.91. The molecule has 7 heteroatoms. The number of carboxylic acids is 1. The number of methoxy groups -OCH3 is 1. The highest BCUT2D eigenvalue weighted by molar-refractivity contribution is 5.96. The number of nitrogens with zero attached hydrogens (tertiary/aromatic N) is 1. The third-order valence-corrected chi connectivity index (χ3v) is 2.90. The van der Waals surface area contributed by atoms with E-state index in [1.165, 1.54) is 0 Å². The maximum absolute atomic E-state index is 13.7. The Morgan fingerprint density at radius 1 is 1.41 bits per heavy atom. The van der Waals surface area contributed by atoms with Crippen LogP contribution in [0.3, 0.4) is 0 Å². The first-order valence-electron chi connectivity index (χ1n) is 7.47. The minimum Gasteiger partial charge on any atom is -0.494 e. The van der Waals surface area contributed by atoms with Gasteiger partial charge < -0.3 is 9.84 Å². The van der Waals surface area contributed by atoms with Gasteiger partial charge in [0, 0.05) is 15.7 Å². The number of ether oxygens (including phenoxy) is 1. The highest BCUT2D eigenvalue weighted by Gasteiger charge is 2.23. The third kappa shape index (κ3) is 2.88. The molecule has 1 aromatic heterocycles. The van der Waals surface area contributed by atoms with Crippen molar-refractivity contribution < 1.29 is 31.9 Å². The van der Waals surface area contributed by atoms with Crippen molar-refractivity contribution >= 4 is 5.97 Å². The molecule has 0 unspecified atom stereocenters. The molecule has 2 rings (SSSR count). The number of alkyl halides is 2. The van der Waals surface area contributed by atoms with Crippen molar-refractivity contribution in [3.05, 3.63) is 46.9 Å². The number of rotatable bonds is 4. The second kappa shape index (κ2) is 6.05. The van der Waals surface area contributed by atoms with Gasteiger partial charge in [-0.05, 0) is 19.0 Å². The lowest BCUT2D eigenvalue weighted by atomic mass is 10.0. The van der Waals surface area contributed by atoms with Gasteiger partial charge >= 0.3 is 5.97 Å². The molecular formula is C15H12F3NO3. The van der Waals surface area contributed by atoms with E-state index in [-0.39, 0.29) is 28.1 Å². The largest absolute Gasteiger partial charge is 0.494 e. The zero-order valence-electron chi connectivity index (χ0n) is 14.2. The molecule has 116 valence electrons. The highest BCUT2D eigenvalue weighted by atomic mass is 19.3. The smallest absolute Gasteiger partial charge is 0.336 e. The Bertz CT molecular complexity index is 826. The average molecular weight is 314 g/mol. The molecule has 0 radical (unpaired) electrons. The first kappa shape index (κ1) is 12.0. The highest BCUT2D eigenvalue weighted by Crippen LogP contribution is 2.35. The number of benzene rings is 1.